The van der Waals surface area contributed by atoms with E-state index in [1.807, 2.05) is 31.2 Å². The first-order chi connectivity index (χ1) is 10.3. The van der Waals surface area contributed by atoms with E-state index in [4.69, 9.17) is 16.3 Å². The Labute approximate surface area is 131 Å². The molecule has 1 N–H and O–H groups in total. The quantitative estimate of drug-likeness (QED) is 0.831. The van der Waals surface area contributed by atoms with Gasteiger partial charge in [0, 0.05) is 6.20 Å². The third-order valence-electron chi connectivity index (χ3n) is 3.18. The number of nitrogens with one attached hydrogen (secondary N) is 1. The Bertz CT molecular complexity index is 557. The summed E-state index contributed by atoms with van der Waals surface area (Å²) in [5.41, 5.74) is 1.99. The lowest BCUT2D eigenvalue weighted by molar-refractivity contribution is 0.340. The monoisotopic (exact) mass is 304 g/mol. The van der Waals surface area contributed by atoms with Gasteiger partial charge < -0.3 is 10.1 Å². The standard InChI is InChI=1S/C17H21ClN2O/c1-3-11-19-16(17-15(18)6-5-12-20-17)13-7-9-14(10-8-13)21-4-2/h5-10,12,16,19H,3-4,11H2,1-2H3. The van der Waals surface area contributed by atoms with Crippen molar-refractivity contribution in [2.24, 2.45) is 0 Å². The number of halogens is 1. The lowest BCUT2D eigenvalue weighted by Gasteiger charge is -2.20. The van der Waals surface area contributed by atoms with Gasteiger partial charge in [0.05, 0.1) is 23.4 Å². The Morgan fingerprint density at radius 2 is 1.95 bits per heavy atom. The van der Waals surface area contributed by atoms with Crippen LogP contribution in [-0.4, -0.2) is 18.1 Å². The smallest absolute Gasteiger partial charge is 0.119 e. The number of ether oxygens (including phenoxy) is 1. The molecule has 0 aliphatic heterocycles. The van der Waals surface area contributed by atoms with Crippen LogP contribution >= 0.6 is 11.6 Å². The highest BCUT2D eigenvalue weighted by Crippen LogP contribution is 2.27. The summed E-state index contributed by atoms with van der Waals surface area (Å²) in [5, 5.41) is 4.19. The first kappa shape index (κ1) is 15.8. The molecule has 112 valence electrons. The molecule has 3 nitrogen and oxygen atoms in total. The van der Waals surface area contributed by atoms with E-state index in [2.05, 4.69) is 29.4 Å². The molecule has 0 aliphatic carbocycles. The molecule has 1 atom stereocenters. The van der Waals surface area contributed by atoms with Gasteiger partial charge in [0.2, 0.25) is 0 Å². The Kier molecular flexibility index (Phi) is 6.03. The zero-order valence-corrected chi connectivity index (χ0v) is 13.2. The molecule has 0 bridgehead atoms. The average molecular weight is 305 g/mol. The van der Waals surface area contributed by atoms with Gasteiger partial charge in [-0.25, -0.2) is 0 Å². The van der Waals surface area contributed by atoms with E-state index in [1.54, 1.807) is 6.20 Å². The largest absolute Gasteiger partial charge is 0.494 e. The second-order valence-corrected chi connectivity index (χ2v) is 5.17. The number of aromatic nitrogens is 1. The molecular weight excluding hydrogens is 284 g/mol. The molecule has 21 heavy (non-hydrogen) atoms. The summed E-state index contributed by atoms with van der Waals surface area (Å²) < 4.78 is 5.49. The Hall–Kier alpha value is -1.58. The van der Waals surface area contributed by atoms with Crippen LogP contribution in [0.4, 0.5) is 0 Å². The normalized spacial score (nSPS) is 12.1. The van der Waals surface area contributed by atoms with Crippen molar-refractivity contribution in [1.29, 1.82) is 0 Å². The third-order valence-corrected chi connectivity index (χ3v) is 3.50. The van der Waals surface area contributed by atoms with Crippen LogP contribution in [0.5, 0.6) is 5.75 Å². The summed E-state index contributed by atoms with van der Waals surface area (Å²) in [6.07, 6.45) is 2.83. The van der Waals surface area contributed by atoms with E-state index in [0.717, 1.165) is 30.0 Å². The molecule has 2 aromatic rings. The topological polar surface area (TPSA) is 34.1 Å². The van der Waals surface area contributed by atoms with Crippen molar-refractivity contribution in [3.05, 3.63) is 58.9 Å². The molecule has 0 saturated carbocycles. The highest BCUT2D eigenvalue weighted by Gasteiger charge is 2.17. The summed E-state index contributed by atoms with van der Waals surface area (Å²) >= 11 is 6.30. The van der Waals surface area contributed by atoms with E-state index in [0.29, 0.717) is 11.6 Å². The number of hydrogen-bond donors (Lipinski definition) is 1. The van der Waals surface area contributed by atoms with Gasteiger partial charge in [-0.05, 0) is 49.7 Å². The van der Waals surface area contributed by atoms with E-state index < -0.39 is 0 Å². The predicted molar refractivity (Wildman–Crippen MR) is 87.0 cm³/mol. The first-order valence-electron chi connectivity index (χ1n) is 7.32. The van der Waals surface area contributed by atoms with Crippen LogP contribution in [0.2, 0.25) is 5.02 Å². The maximum absolute atomic E-state index is 6.30. The number of rotatable bonds is 7. The Balaban J connectivity index is 2.29. The number of benzene rings is 1. The Morgan fingerprint density at radius 3 is 2.57 bits per heavy atom. The highest BCUT2D eigenvalue weighted by atomic mass is 35.5. The van der Waals surface area contributed by atoms with Crippen LogP contribution in [-0.2, 0) is 0 Å². The van der Waals surface area contributed by atoms with Crippen LogP contribution in [0.1, 0.15) is 37.6 Å². The maximum Gasteiger partial charge on any atom is 0.119 e. The third kappa shape index (κ3) is 4.19. The molecule has 2 rings (SSSR count). The molecule has 1 aromatic heterocycles. The zero-order chi connectivity index (χ0) is 15.1. The van der Waals surface area contributed by atoms with Crippen LogP contribution < -0.4 is 10.1 Å². The van der Waals surface area contributed by atoms with Crippen LogP contribution in [0.25, 0.3) is 0 Å². The van der Waals surface area contributed by atoms with Gasteiger partial charge in [-0.2, -0.15) is 0 Å². The molecule has 0 fully saturated rings. The van der Waals surface area contributed by atoms with E-state index in [-0.39, 0.29) is 6.04 Å². The van der Waals surface area contributed by atoms with Gasteiger partial charge in [-0.1, -0.05) is 30.7 Å². The van der Waals surface area contributed by atoms with E-state index >= 15 is 0 Å². The van der Waals surface area contributed by atoms with Crippen molar-refractivity contribution in [2.75, 3.05) is 13.2 Å². The van der Waals surface area contributed by atoms with E-state index in [1.165, 1.54) is 0 Å². The average Bonchev–Trinajstić information content (AvgIpc) is 2.51. The number of nitrogens with zero attached hydrogens (tertiary/aromatic N) is 1. The number of pyridine rings is 1. The highest BCUT2D eigenvalue weighted by molar-refractivity contribution is 6.31. The van der Waals surface area contributed by atoms with Crippen molar-refractivity contribution < 1.29 is 4.74 Å². The molecule has 1 heterocycles. The molecule has 0 radical (unpaired) electrons. The van der Waals surface area contributed by atoms with Crippen LogP contribution in [0.15, 0.2) is 42.6 Å². The summed E-state index contributed by atoms with van der Waals surface area (Å²) in [6, 6.07) is 11.8. The molecule has 0 spiro atoms. The van der Waals surface area contributed by atoms with Gasteiger partial charge >= 0.3 is 0 Å². The fourth-order valence-corrected chi connectivity index (χ4v) is 2.43. The summed E-state index contributed by atoms with van der Waals surface area (Å²) in [5.74, 6) is 0.877. The maximum atomic E-state index is 6.30. The molecular formula is C17H21ClN2O. The van der Waals surface area contributed by atoms with Crippen molar-refractivity contribution in [3.8, 4) is 5.75 Å². The van der Waals surface area contributed by atoms with Crippen molar-refractivity contribution >= 4 is 11.6 Å². The fourth-order valence-electron chi connectivity index (χ4n) is 2.19. The number of hydrogen-bond acceptors (Lipinski definition) is 3. The second-order valence-electron chi connectivity index (χ2n) is 4.76. The lowest BCUT2D eigenvalue weighted by Crippen LogP contribution is -2.24. The summed E-state index contributed by atoms with van der Waals surface area (Å²) in [4.78, 5) is 4.44. The molecule has 4 heteroatoms. The van der Waals surface area contributed by atoms with Crippen molar-refractivity contribution in [3.63, 3.8) is 0 Å². The zero-order valence-electron chi connectivity index (χ0n) is 12.5. The van der Waals surface area contributed by atoms with E-state index in [9.17, 15) is 0 Å². The first-order valence-corrected chi connectivity index (χ1v) is 7.70. The molecule has 0 saturated heterocycles. The molecule has 0 aliphatic rings. The van der Waals surface area contributed by atoms with Gasteiger partial charge in [0.25, 0.3) is 0 Å². The Morgan fingerprint density at radius 1 is 1.19 bits per heavy atom. The molecule has 1 aromatic carbocycles. The molecule has 1 unspecified atom stereocenters. The predicted octanol–water partition coefficient (Wildman–Crippen LogP) is 4.22. The summed E-state index contributed by atoms with van der Waals surface area (Å²) in [6.45, 7) is 5.70. The van der Waals surface area contributed by atoms with Gasteiger partial charge in [0.1, 0.15) is 5.75 Å². The van der Waals surface area contributed by atoms with Crippen LogP contribution in [0, 0.1) is 0 Å². The van der Waals surface area contributed by atoms with Gasteiger partial charge in [-0.15, -0.1) is 0 Å². The minimum Gasteiger partial charge on any atom is -0.494 e. The summed E-state index contributed by atoms with van der Waals surface area (Å²) in [7, 11) is 0. The van der Waals surface area contributed by atoms with Crippen molar-refractivity contribution in [2.45, 2.75) is 26.3 Å². The minimum absolute atomic E-state index is 0.00525. The minimum atomic E-state index is -0.00525. The van der Waals surface area contributed by atoms with Gasteiger partial charge in [-0.3, -0.25) is 4.98 Å². The second kappa shape index (κ2) is 8.01. The SMILES string of the molecule is CCCNC(c1ccc(OCC)cc1)c1ncccc1Cl. The van der Waals surface area contributed by atoms with Crippen LogP contribution in [0.3, 0.4) is 0 Å². The van der Waals surface area contributed by atoms with Gasteiger partial charge in [0.15, 0.2) is 0 Å². The van der Waals surface area contributed by atoms with Crippen molar-refractivity contribution in [1.82, 2.24) is 10.3 Å². The fraction of sp³-hybridized carbons (Fsp3) is 0.353. The lowest BCUT2D eigenvalue weighted by atomic mass is 10.0. The molecule has 0 amide bonds.